The number of nitrogens with zero attached hydrogens (tertiary/aromatic N) is 2. The fraction of sp³-hybridized carbons (Fsp3) is 0.529. The number of aryl methyl sites for hydroxylation is 2. The second-order valence-electron chi connectivity index (χ2n) is 6.38. The second-order valence-corrected chi connectivity index (χ2v) is 6.38. The highest BCUT2D eigenvalue weighted by atomic mass is 35.5. The molecule has 6 nitrogen and oxygen atoms in total. The van der Waals surface area contributed by atoms with Crippen LogP contribution in [0, 0.1) is 5.92 Å². The number of aromatic nitrogens is 2. The van der Waals surface area contributed by atoms with Crippen molar-refractivity contribution in [3.05, 3.63) is 28.7 Å². The summed E-state index contributed by atoms with van der Waals surface area (Å²) < 4.78 is 3.21. The second kappa shape index (κ2) is 7.85. The number of fused-ring (bicyclic) bond motifs is 1. The van der Waals surface area contributed by atoms with Crippen LogP contribution in [0.25, 0.3) is 11.0 Å². The summed E-state index contributed by atoms with van der Waals surface area (Å²) in [5.41, 5.74) is 2.38. The van der Waals surface area contributed by atoms with Crippen molar-refractivity contribution in [2.75, 3.05) is 18.4 Å². The van der Waals surface area contributed by atoms with E-state index in [-0.39, 0.29) is 24.0 Å². The Balaban J connectivity index is 0.00000208. The number of piperidine rings is 1. The van der Waals surface area contributed by atoms with Crippen molar-refractivity contribution in [3.63, 3.8) is 0 Å². The van der Waals surface area contributed by atoms with E-state index < -0.39 is 0 Å². The Morgan fingerprint density at radius 1 is 1.21 bits per heavy atom. The summed E-state index contributed by atoms with van der Waals surface area (Å²) in [6.07, 6.45) is 3.81. The van der Waals surface area contributed by atoms with Crippen LogP contribution in [0.3, 0.4) is 0 Å². The molecule has 1 fully saturated rings. The van der Waals surface area contributed by atoms with Crippen LogP contribution in [0.4, 0.5) is 5.69 Å². The first-order valence-electron chi connectivity index (χ1n) is 8.22. The maximum Gasteiger partial charge on any atom is 0.328 e. The van der Waals surface area contributed by atoms with Gasteiger partial charge in [-0.25, -0.2) is 4.79 Å². The first kappa shape index (κ1) is 18.5. The molecule has 1 amide bonds. The molecule has 0 radical (unpaired) electrons. The molecule has 1 saturated heterocycles. The highest BCUT2D eigenvalue weighted by molar-refractivity contribution is 5.93. The molecule has 0 unspecified atom stereocenters. The summed E-state index contributed by atoms with van der Waals surface area (Å²) in [6, 6.07) is 5.59. The summed E-state index contributed by atoms with van der Waals surface area (Å²) in [7, 11) is 3.50. The molecule has 2 heterocycles. The summed E-state index contributed by atoms with van der Waals surface area (Å²) in [5, 5.41) is 6.29. The zero-order valence-electron chi connectivity index (χ0n) is 14.2. The molecule has 2 aromatic rings. The molecule has 24 heavy (non-hydrogen) atoms. The summed E-state index contributed by atoms with van der Waals surface area (Å²) in [4.78, 5) is 24.1. The lowest BCUT2D eigenvalue weighted by atomic mass is 9.93. The summed E-state index contributed by atoms with van der Waals surface area (Å²) >= 11 is 0. The highest BCUT2D eigenvalue weighted by Gasteiger charge is 2.15. The van der Waals surface area contributed by atoms with Gasteiger partial charge in [-0.15, -0.1) is 12.4 Å². The number of benzene rings is 1. The van der Waals surface area contributed by atoms with Crippen molar-refractivity contribution in [3.8, 4) is 0 Å². The number of halogens is 1. The minimum absolute atomic E-state index is 0. The molecule has 3 rings (SSSR count). The predicted octanol–water partition coefficient (Wildman–Crippen LogP) is 2.02. The van der Waals surface area contributed by atoms with Crippen molar-refractivity contribution < 1.29 is 4.79 Å². The van der Waals surface area contributed by atoms with Gasteiger partial charge in [0.15, 0.2) is 0 Å². The zero-order valence-corrected chi connectivity index (χ0v) is 15.0. The van der Waals surface area contributed by atoms with E-state index in [0.29, 0.717) is 12.3 Å². The highest BCUT2D eigenvalue weighted by Crippen LogP contribution is 2.20. The number of imidazole rings is 1. The molecule has 2 N–H and O–H groups in total. The van der Waals surface area contributed by atoms with Gasteiger partial charge in [0.1, 0.15) is 0 Å². The van der Waals surface area contributed by atoms with E-state index >= 15 is 0 Å². The van der Waals surface area contributed by atoms with Gasteiger partial charge in [0.25, 0.3) is 0 Å². The van der Waals surface area contributed by atoms with Gasteiger partial charge in [0, 0.05) is 26.2 Å². The van der Waals surface area contributed by atoms with E-state index in [4.69, 9.17) is 0 Å². The van der Waals surface area contributed by atoms with Gasteiger partial charge in [-0.05, 0) is 56.5 Å². The molecule has 1 aromatic heterocycles. The Hall–Kier alpha value is -1.79. The van der Waals surface area contributed by atoms with E-state index in [1.165, 1.54) is 0 Å². The van der Waals surface area contributed by atoms with Gasteiger partial charge in [0.05, 0.1) is 11.0 Å². The van der Waals surface area contributed by atoms with Gasteiger partial charge in [-0.2, -0.15) is 0 Å². The Bertz CT molecular complexity index is 775. The average molecular weight is 353 g/mol. The minimum Gasteiger partial charge on any atom is -0.326 e. The molecular weight excluding hydrogens is 328 g/mol. The molecule has 0 aliphatic carbocycles. The number of amides is 1. The van der Waals surface area contributed by atoms with Crippen LogP contribution in [0.1, 0.15) is 25.7 Å². The fourth-order valence-corrected chi connectivity index (χ4v) is 3.31. The van der Waals surface area contributed by atoms with Crippen molar-refractivity contribution in [1.82, 2.24) is 14.5 Å². The van der Waals surface area contributed by atoms with Crippen LogP contribution in [0.5, 0.6) is 0 Å². The number of nitrogens with one attached hydrogen (secondary N) is 2. The van der Waals surface area contributed by atoms with Gasteiger partial charge in [-0.1, -0.05) is 0 Å². The molecule has 1 aliphatic heterocycles. The number of hydrogen-bond donors (Lipinski definition) is 2. The topological polar surface area (TPSA) is 68.1 Å². The van der Waals surface area contributed by atoms with Crippen molar-refractivity contribution in [2.24, 2.45) is 20.0 Å². The number of hydrogen-bond acceptors (Lipinski definition) is 3. The summed E-state index contributed by atoms with van der Waals surface area (Å²) in [5.74, 6) is 0.697. The number of rotatable bonds is 4. The van der Waals surface area contributed by atoms with Gasteiger partial charge < -0.3 is 10.6 Å². The molecule has 0 bridgehead atoms. The first-order chi connectivity index (χ1) is 11.1. The van der Waals surface area contributed by atoms with E-state index in [0.717, 1.165) is 49.1 Å². The lowest BCUT2D eigenvalue weighted by Crippen LogP contribution is -2.28. The predicted molar refractivity (Wildman–Crippen MR) is 98.9 cm³/mol. The van der Waals surface area contributed by atoms with Crippen LogP contribution in [0.2, 0.25) is 0 Å². The Morgan fingerprint density at radius 3 is 2.58 bits per heavy atom. The van der Waals surface area contributed by atoms with Crippen LogP contribution >= 0.6 is 12.4 Å². The maximum atomic E-state index is 12.1. The monoisotopic (exact) mass is 352 g/mol. The largest absolute Gasteiger partial charge is 0.328 e. The Kier molecular flexibility index (Phi) is 6.07. The molecule has 1 aromatic carbocycles. The normalized spacial score (nSPS) is 15.2. The smallest absolute Gasteiger partial charge is 0.326 e. The first-order valence-corrected chi connectivity index (χ1v) is 8.22. The molecule has 132 valence electrons. The Morgan fingerprint density at radius 2 is 1.88 bits per heavy atom. The van der Waals surface area contributed by atoms with Crippen molar-refractivity contribution in [1.29, 1.82) is 0 Å². The van der Waals surface area contributed by atoms with Crippen LogP contribution in [0.15, 0.2) is 23.0 Å². The van der Waals surface area contributed by atoms with E-state index in [1.54, 1.807) is 23.2 Å². The molecular formula is C17H25ClN4O2. The molecule has 0 saturated carbocycles. The lowest BCUT2D eigenvalue weighted by molar-refractivity contribution is -0.116. The fourth-order valence-electron chi connectivity index (χ4n) is 3.31. The van der Waals surface area contributed by atoms with E-state index in [1.807, 2.05) is 18.2 Å². The molecule has 0 spiro atoms. The summed E-state index contributed by atoms with van der Waals surface area (Å²) in [6.45, 7) is 2.12. The Labute approximate surface area is 147 Å². The van der Waals surface area contributed by atoms with Crippen molar-refractivity contribution in [2.45, 2.75) is 25.7 Å². The van der Waals surface area contributed by atoms with E-state index in [9.17, 15) is 9.59 Å². The van der Waals surface area contributed by atoms with Gasteiger partial charge in [-0.3, -0.25) is 13.9 Å². The molecule has 7 heteroatoms. The van der Waals surface area contributed by atoms with Crippen LogP contribution < -0.4 is 16.3 Å². The van der Waals surface area contributed by atoms with Crippen LogP contribution in [-0.4, -0.2) is 28.1 Å². The third-order valence-electron chi connectivity index (χ3n) is 4.79. The zero-order chi connectivity index (χ0) is 16.4. The molecule has 1 aliphatic rings. The molecule has 0 atom stereocenters. The maximum absolute atomic E-state index is 12.1. The SMILES string of the molecule is Cl.Cn1c(=O)n(C)c2cc(NC(=O)CCC3CCNCC3)ccc21. The van der Waals surface area contributed by atoms with Gasteiger partial charge >= 0.3 is 5.69 Å². The minimum atomic E-state index is -0.0608. The standard InChI is InChI=1S/C17H24N4O2.ClH/c1-20-14-5-4-13(11-15(14)21(2)17(20)23)19-16(22)6-3-12-7-9-18-10-8-12;/h4-5,11-12,18H,3,6-10H2,1-2H3,(H,19,22);1H. The number of carbonyl (C=O) groups is 1. The lowest BCUT2D eigenvalue weighted by Gasteiger charge is -2.22. The average Bonchev–Trinajstić information content (AvgIpc) is 2.78. The third kappa shape index (κ3) is 3.82. The van der Waals surface area contributed by atoms with Crippen molar-refractivity contribution >= 4 is 35.0 Å². The van der Waals surface area contributed by atoms with Gasteiger partial charge in [0.2, 0.25) is 5.91 Å². The third-order valence-corrected chi connectivity index (χ3v) is 4.79. The van der Waals surface area contributed by atoms with E-state index in [2.05, 4.69) is 10.6 Å². The number of carbonyl (C=O) groups excluding carboxylic acids is 1. The van der Waals surface area contributed by atoms with Crippen LogP contribution in [-0.2, 0) is 18.9 Å². The number of anilines is 1. The quantitative estimate of drug-likeness (QED) is 0.884.